The van der Waals surface area contributed by atoms with E-state index in [1.54, 1.807) is 0 Å². The molecule has 116 valence electrons. The van der Waals surface area contributed by atoms with Gasteiger partial charge in [0.1, 0.15) is 5.82 Å². The third-order valence-electron chi connectivity index (χ3n) is 3.41. The summed E-state index contributed by atoms with van der Waals surface area (Å²) in [6.45, 7) is 3.71. The number of hydrogen-bond acceptors (Lipinski definition) is 5. The minimum atomic E-state index is -0.251. The van der Waals surface area contributed by atoms with Crippen molar-refractivity contribution in [3.05, 3.63) is 11.8 Å². The summed E-state index contributed by atoms with van der Waals surface area (Å²) in [7, 11) is 3.81. The molecule has 1 unspecified atom stereocenters. The first-order valence-electron chi connectivity index (χ1n) is 7.36. The van der Waals surface area contributed by atoms with Crippen LogP contribution in [-0.4, -0.2) is 49.2 Å². The predicted octanol–water partition coefficient (Wildman–Crippen LogP) is 1.11. The molecule has 3 N–H and O–H groups in total. The van der Waals surface area contributed by atoms with E-state index in [4.69, 9.17) is 0 Å². The molecule has 7 nitrogen and oxygen atoms in total. The van der Waals surface area contributed by atoms with E-state index in [1.165, 1.54) is 0 Å². The highest BCUT2D eigenvalue weighted by Crippen LogP contribution is 2.12. The van der Waals surface area contributed by atoms with Crippen molar-refractivity contribution in [1.82, 2.24) is 20.6 Å². The van der Waals surface area contributed by atoms with E-state index >= 15 is 0 Å². The maximum atomic E-state index is 12.0. The molecular formula is C14H24N6O. The molecule has 7 heteroatoms. The maximum Gasteiger partial charge on any atom is 0.321 e. The van der Waals surface area contributed by atoms with Crippen LogP contribution in [-0.2, 0) is 0 Å². The number of carbonyl (C=O) groups excluding carboxylic acids is 1. The van der Waals surface area contributed by atoms with Crippen molar-refractivity contribution in [2.45, 2.75) is 32.2 Å². The van der Waals surface area contributed by atoms with Gasteiger partial charge in [0.2, 0.25) is 5.95 Å². The lowest BCUT2D eigenvalue weighted by molar-refractivity contribution is 0.247. The number of hydrogen-bond donors (Lipinski definition) is 3. The summed E-state index contributed by atoms with van der Waals surface area (Å²) in [6, 6.07) is 1.78. The topological polar surface area (TPSA) is 82.2 Å². The van der Waals surface area contributed by atoms with Crippen molar-refractivity contribution in [1.29, 1.82) is 0 Å². The maximum absolute atomic E-state index is 12.0. The van der Waals surface area contributed by atoms with Crippen molar-refractivity contribution in [2.75, 3.05) is 37.4 Å². The van der Waals surface area contributed by atoms with Crippen molar-refractivity contribution in [3.63, 3.8) is 0 Å². The molecule has 1 saturated heterocycles. The number of anilines is 2. The lowest BCUT2D eigenvalue weighted by atomic mass is 10.1. The Morgan fingerprint density at radius 1 is 1.38 bits per heavy atom. The smallest absolute Gasteiger partial charge is 0.321 e. The first kappa shape index (κ1) is 15.5. The molecular weight excluding hydrogens is 268 g/mol. The van der Waals surface area contributed by atoms with Gasteiger partial charge in [0.25, 0.3) is 0 Å². The monoisotopic (exact) mass is 292 g/mol. The van der Waals surface area contributed by atoms with Crippen molar-refractivity contribution >= 4 is 17.8 Å². The van der Waals surface area contributed by atoms with E-state index in [2.05, 4.69) is 25.9 Å². The quantitative estimate of drug-likeness (QED) is 0.777. The average molecular weight is 292 g/mol. The minimum absolute atomic E-state index is 0.158. The Labute approximate surface area is 125 Å². The van der Waals surface area contributed by atoms with Crippen molar-refractivity contribution in [2.24, 2.45) is 0 Å². The first-order valence-corrected chi connectivity index (χ1v) is 7.36. The standard InChI is InChI=1S/C14H24N6O/c1-10-8-12(20(2)3)18-13(16-10)19-14(21)17-11-6-4-5-7-15-9-11/h8,11,15H,4-7,9H2,1-3H3,(H2,16,17,18,19,21). The number of amides is 2. The zero-order chi connectivity index (χ0) is 15.2. The zero-order valence-electron chi connectivity index (χ0n) is 12.9. The minimum Gasteiger partial charge on any atom is -0.363 e. The highest BCUT2D eigenvalue weighted by Gasteiger charge is 2.15. The van der Waals surface area contributed by atoms with Crippen molar-refractivity contribution in [3.8, 4) is 0 Å². The summed E-state index contributed by atoms with van der Waals surface area (Å²) in [5.41, 5.74) is 0.820. The van der Waals surface area contributed by atoms with Gasteiger partial charge in [-0.1, -0.05) is 6.42 Å². The van der Waals surface area contributed by atoms with E-state index in [9.17, 15) is 4.79 Å². The first-order chi connectivity index (χ1) is 10.0. The highest BCUT2D eigenvalue weighted by atomic mass is 16.2. The van der Waals surface area contributed by atoms with Gasteiger partial charge in [0, 0.05) is 38.4 Å². The number of urea groups is 1. The SMILES string of the molecule is Cc1cc(N(C)C)nc(NC(=O)NC2CCCCNC2)n1. The molecule has 2 rings (SSSR count). The summed E-state index contributed by atoms with van der Waals surface area (Å²) in [5.74, 6) is 1.10. The fourth-order valence-corrected chi connectivity index (χ4v) is 2.30. The van der Waals surface area contributed by atoms with Gasteiger partial charge >= 0.3 is 6.03 Å². The Morgan fingerprint density at radius 2 is 2.19 bits per heavy atom. The normalized spacial score (nSPS) is 18.7. The Bertz CT molecular complexity index is 482. The molecule has 1 aromatic rings. The number of aromatic nitrogens is 2. The second-order valence-electron chi connectivity index (χ2n) is 5.58. The van der Waals surface area contributed by atoms with Crippen LogP contribution in [0.1, 0.15) is 25.0 Å². The summed E-state index contributed by atoms with van der Waals surface area (Å²) >= 11 is 0. The Balaban J connectivity index is 1.95. The second-order valence-corrected chi connectivity index (χ2v) is 5.58. The number of nitrogens with zero attached hydrogens (tertiary/aromatic N) is 3. The third-order valence-corrected chi connectivity index (χ3v) is 3.41. The fourth-order valence-electron chi connectivity index (χ4n) is 2.30. The van der Waals surface area contributed by atoms with E-state index in [0.717, 1.165) is 43.9 Å². The number of nitrogens with one attached hydrogen (secondary N) is 3. The van der Waals surface area contributed by atoms with Gasteiger partial charge in [0.15, 0.2) is 0 Å². The van der Waals surface area contributed by atoms with Crippen LogP contribution in [0.4, 0.5) is 16.6 Å². The van der Waals surface area contributed by atoms with Crippen LogP contribution in [0.3, 0.4) is 0 Å². The van der Waals surface area contributed by atoms with Gasteiger partial charge in [-0.2, -0.15) is 4.98 Å². The van der Waals surface area contributed by atoms with Gasteiger partial charge in [-0.3, -0.25) is 5.32 Å². The van der Waals surface area contributed by atoms with E-state index in [0.29, 0.717) is 5.95 Å². The van der Waals surface area contributed by atoms with E-state index < -0.39 is 0 Å². The van der Waals surface area contributed by atoms with Gasteiger partial charge in [-0.15, -0.1) is 0 Å². The lowest BCUT2D eigenvalue weighted by Crippen LogP contribution is -2.43. The van der Waals surface area contributed by atoms with Crippen LogP contribution in [0.25, 0.3) is 0 Å². The molecule has 1 aliphatic rings. The Kier molecular flexibility index (Phi) is 5.32. The van der Waals surface area contributed by atoms with Crippen LogP contribution in [0.5, 0.6) is 0 Å². The van der Waals surface area contributed by atoms with Gasteiger partial charge in [-0.05, 0) is 26.3 Å². The molecule has 1 aromatic heterocycles. The second kappa shape index (κ2) is 7.21. The Hall–Kier alpha value is -1.89. The Morgan fingerprint density at radius 3 is 2.95 bits per heavy atom. The highest BCUT2D eigenvalue weighted by molar-refractivity contribution is 5.87. The van der Waals surface area contributed by atoms with Gasteiger partial charge < -0.3 is 15.5 Å². The summed E-state index contributed by atoms with van der Waals surface area (Å²) in [4.78, 5) is 22.5. The summed E-state index contributed by atoms with van der Waals surface area (Å²) in [5, 5.41) is 9.01. The third kappa shape index (κ3) is 4.86. The van der Waals surface area contributed by atoms with Gasteiger partial charge in [-0.25, -0.2) is 9.78 Å². The molecule has 1 fully saturated rings. The lowest BCUT2D eigenvalue weighted by Gasteiger charge is -2.17. The average Bonchev–Trinajstić information content (AvgIpc) is 2.66. The molecule has 0 aromatic carbocycles. The molecule has 0 aliphatic carbocycles. The van der Waals surface area contributed by atoms with Crippen LogP contribution >= 0.6 is 0 Å². The molecule has 0 bridgehead atoms. The summed E-state index contributed by atoms with van der Waals surface area (Å²) in [6.07, 6.45) is 3.29. The van der Waals surface area contributed by atoms with Crippen LogP contribution in [0.15, 0.2) is 6.07 Å². The predicted molar refractivity (Wildman–Crippen MR) is 83.8 cm³/mol. The largest absolute Gasteiger partial charge is 0.363 e. The number of carbonyl (C=O) groups is 1. The molecule has 1 aliphatic heterocycles. The molecule has 0 saturated carbocycles. The molecule has 2 amide bonds. The molecule has 21 heavy (non-hydrogen) atoms. The van der Waals surface area contributed by atoms with E-state index in [1.807, 2.05) is 32.0 Å². The van der Waals surface area contributed by atoms with E-state index in [-0.39, 0.29) is 12.1 Å². The molecule has 2 heterocycles. The molecule has 1 atom stereocenters. The van der Waals surface area contributed by atoms with Gasteiger partial charge in [0.05, 0.1) is 0 Å². The zero-order valence-corrected chi connectivity index (χ0v) is 12.9. The van der Waals surface area contributed by atoms with Crippen LogP contribution < -0.4 is 20.9 Å². The molecule has 0 spiro atoms. The number of aryl methyl sites for hydroxylation is 1. The van der Waals surface area contributed by atoms with Crippen LogP contribution in [0.2, 0.25) is 0 Å². The molecule has 0 radical (unpaired) electrons. The van der Waals surface area contributed by atoms with Crippen molar-refractivity contribution < 1.29 is 4.79 Å². The fraction of sp³-hybridized carbons (Fsp3) is 0.643. The number of rotatable bonds is 3. The summed E-state index contributed by atoms with van der Waals surface area (Å²) < 4.78 is 0. The van der Waals surface area contributed by atoms with Crippen LogP contribution in [0, 0.1) is 6.92 Å².